The van der Waals surface area contributed by atoms with Gasteiger partial charge in [0.15, 0.2) is 0 Å². The van der Waals surface area contributed by atoms with Crippen molar-refractivity contribution >= 4 is 5.78 Å². The second-order valence-corrected chi connectivity index (χ2v) is 6.72. The van der Waals surface area contributed by atoms with Gasteiger partial charge in [0.25, 0.3) is 0 Å². The summed E-state index contributed by atoms with van der Waals surface area (Å²) in [4.78, 5) is 12.1. The third-order valence-electron chi connectivity index (χ3n) is 4.90. The van der Waals surface area contributed by atoms with E-state index in [1.54, 1.807) is 0 Å². The Morgan fingerprint density at radius 2 is 1.52 bits per heavy atom. The molecule has 1 N–H and O–H groups in total. The first-order valence-electron chi connectivity index (χ1n) is 8.48. The monoisotopic (exact) mass is 308 g/mol. The summed E-state index contributed by atoms with van der Waals surface area (Å²) in [7, 11) is 0. The van der Waals surface area contributed by atoms with Crippen LogP contribution in [0, 0.1) is 5.92 Å². The van der Waals surface area contributed by atoms with Crippen LogP contribution in [0.1, 0.15) is 36.8 Å². The Labute approximate surface area is 138 Å². The van der Waals surface area contributed by atoms with E-state index in [0.717, 1.165) is 25.7 Å². The standard InChI is InChI=1S/C21H24O2/c22-20(12-11-17-7-3-1-4-8-17)15-19-16-21(19,23)14-13-18-9-5-2-6-10-18/h1-10,19,23H,11-16H2/t19-,21-/m0/s1. The van der Waals surface area contributed by atoms with Crippen LogP contribution in [-0.4, -0.2) is 16.5 Å². The molecule has 0 aromatic heterocycles. The lowest BCUT2D eigenvalue weighted by molar-refractivity contribution is -0.119. The molecule has 3 rings (SSSR count). The highest BCUT2D eigenvalue weighted by Gasteiger charge is 2.52. The fourth-order valence-electron chi connectivity index (χ4n) is 3.25. The van der Waals surface area contributed by atoms with E-state index in [-0.39, 0.29) is 11.7 Å². The SMILES string of the molecule is O=C(CCc1ccccc1)C[C@H]1C[C@@]1(O)CCc1ccccc1. The summed E-state index contributed by atoms with van der Waals surface area (Å²) in [5.41, 5.74) is 1.84. The first-order valence-corrected chi connectivity index (χ1v) is 8.48. The molecule has 0 bridgehead atoms. The maximum Gasteiger partial charge on any atom is 0.133 e. The van der Waals surface area contributed by atoms with Gasteiger partial charge in [-0.25, -0.2) is 0 Å². The number of hydrogen-bond donors (Lipinski definition) is 1. The van der Waals surface area contributed by atoms with Crippen molar-refractivity contribution in [2.45, 2.75) is 44.1 Å². The van der Waals surface area contributed by atoms with Gasteiger partial charge in [-0.2, -0.15) is 0 Å². The highest BCUT2D eigenvalue weighted by molar-refractivity contribution is 5.79. The van der Waals surface area contributed by atoms with Crippen LogP contribution in [0.25, 0.3) is 0 Å². The van der Waals surface area contributed by atoms with Gasteiger partial charge in [0.05, 0.1) is 5.60 Å². The third kappa shape index (κ3) is 4.52. The topological polar surface area (TPSA) is 37.3 Å². The highest BCUT2D eigenvalue weighted by atomic mass is 16.3. The molecule has 2 aromatic carbocycles. The maximum atomic E-state index is 12.1. The number of ketones is 1. The molecule has 1 aliphatic carbocycles. The second-order valence-electron chi connectivity index (χ2n) is 6.72. The van der Waals surface area contributed by atoms with Crippen molar-refractivity contribution < 1.29 is 9.90 Å². The normalized spacial score (nSPS) is 22.7. The zero-order chi connectivity index (χ0) is 16.1. The van der Waals surface area contributed by atoms with Crippen molar-refractivity contribution in [3.63, 3.8) is 0 Å². The minimum atomic E-state index is -0.613. The average molecular weight is 308 g/mol. The molecule has 2 heteroatoms. The Morgan fingerprint density at radius 1 is 0.957 bits per heavy atom. The summed E-state index contributed by atoms with van der Waals surface area (Å²) < 4.78 is 0. The Hall–Kier alpha value is -1.93. The number of Topliss-reactive ketones (excluding diaryl/α,β-unsaturated/α-hetero) is 1. The molecule has 2 atom stereocenters. The maximum absolute atomic E-state index is 12.1. The molecule has 1 fully saturated rings. The van der Waals surface area contributed by atoms with Crippen LogP contribution in [0.4, 0.5) is 0 Å². The van der Waals surface area contributed by atoms with E-state index < -0.39 is 5.60 Å². The van der Waals surface area contributed by atoms with Crippen molar-refractivity contribution in [1.29, 1.82) is 0 Å². The predicted molar refractivity (Wildman–Crippen MR) is 92.2 cm³/mol. The molecule has 0 radical (unpaired) electrons. The lowest BCUT2D eigenvalue weighted by atomic mass is 10.0. The van der Waals surface area contributed by atoms with Crippen LogP contribution in [0.3, 0.4) is 0 Å². The van der Waals surface area contributed by atoms with Crippen LogP contribution in [-0.2, 0) is 17.6 Å². The smallest absolute Gasteiger partial charge is 0.133 e. The van der Waals surface area contributed by atoms with E-state index in [4.69, 9.17) is 0 Å². The van der Waals surface area contributed by atoms with E-state index in [1.807, 2.05) is 36.4 Å². The molecule has 23 heavy (non-hydrogen) atoms. The molecule has 0 heterocycles. The van der Waals surface area contributed by atoms with Crippen LogP contribution in [0.5, 0.6) is 0 Å². The van der Waals surface area contributed by atoms with Gasteiger partial charge in [0, 0.05) is 12.8 Å². The Bertz CT molecular complexity index is 635. The molecule has 0 saturated heterocycles. The molecule has 0 spiro atoms. The van der Waals surface area contributed by atoms with E-state index in [9.17, 15) is 9.90 Å². The van der Waals surface area contributed by atoms with Crippen molar-refractivity contribution in [3.8, 4) is 0 Å². The van der Waals surface area contributed by atoms with E-state index >= 15 is 0 Å². The van der Waals surface area contributed by atoms with Gasteiger partial charge >= 0.3 is 0 Å². The van der Waals surface area contributed by atoms with E-state index in [2.05, 4.69) is 24.3 Å². The van der Waals surface area contributed by atoms with E-state index in [1.165, 1.54) is 11.1 Å². The Balaban J connectivity index is 1.40. The van der Waals surface area contributed by atoms with Crippen molar-refractivity contribution in [2.75, 3.05) is 0 Å². The number of benzene rings is 2. The fourth-order valence-corrected chi connectivity index (χ4v) is 3.25. The lowest BCUT2D eigenvalue weighted by Crippen LogP contribution is -2.14. The summed E-state index contributed by atoms with van der Waals surface area (Å²) in [5, 5.41) is 10.5. The van der Waals surface area contributed by atoms with Crippen molar-refractivity contribution in [1.82, 2.24) is 0 Å². The lowest BCUT2D eigenvalue weighted by Gasteiger charge is -2.10. The Morgan fingerprint density at radius 3 is 2.13 bits per heavy atom. The van der Waals surface area contributed by atoms with Crippen LogP contribution in [0.2, 0.25) is 0 Å². The molecule has 2 aromatic rings. The summed E-state index contributed by atoms with van der Waals surface area (Å²) in [6.07, 6.45) is 4.32. The van der Waals surface area contributed by atoms with Crippen LogP contribution < -0.4 is 0 Å². The van der Waals surface area contributed by atoms with Gasteiger partial charge in [0.1, 0.15) is 5.78 Å². The van der Waals surface area contributed by atoms with Gasteiger partial charge in [-0.15, -0.1) is 0 Å². The third-order valence-corrected chi connectivity index (χ3v) is 4.90. The first-order chi connectivity index (χ1) is 11.2. The summed E-state index contributed by atoms with van der Waals surface area (Å²) >= 11 is 0. The van der Waals surface area contributed by atoms with Crippen molar-refractivity contribution in [3.05, 3.63) is 71.8 Å². The molecular weight excluding hydrogens is 284 g/mol. The van der Waals surface area contributed by atoms with Gasteiger partial charge in [-0.05, 0) is 42.7 Å². The van der Waals surface area contributed by atoms with Gasteiger partial charge in [0.2, 0.25) is 0 Å². The number of aryl methyl sites for hydroxylation is 2. The van der Waals surface area contributed by atoms with E-state index in [0.29, 0.717) is 12.8 Å². The minimum absolute atomic E-state index is 0.162. The summed E-state index contributed by atoms with van der Waals surface area (Å²) in [5.74, 6) is 0.434. The molecule has 1 aliphatic rings. The predicted octanol–water partition coefficient (Wildman–Crippen LogP) is 3.96. The number of carbonyl (C=O) groups is 1. The number of aliphatic hydroxyl groups is 1. The van der Waals surface area contributed by atoms with Crippen LogP contribution >= 0.6 is 0 Å². The van der Waals surface area contributed by atoms with Crippen LogP contribution in [0.15, 0.2) is 60.7 Å². The molecule has 1 saturated carbocycles. The van der Waals surface area contributed by atoms with Gasteiger partial charge < -0.3 is 5.11 Å². The fraction of sp³-hybridized carbons (Fsp3) is 0.381. The first kappa shape index (κ1) is 15.9. The number of rotatable bonds is 8. The minimum Gasteiger partial charge on any atom is -0.390 e. The summed E-state index contributed by atoms with van der Waals surface area (Å²) in [6, 6.07) is 20.3. The molecule has 0 aliphatic heterocycles. The average Bonchev–Trinajstić information content (AvgIpc) is 3.23. The molecule has 120 valence electrons. The zero-order valence-electron chi connectivity index (χ0n) is 13.4. The largest absolute Gasteiger partial charge is 0.390 e. The number of carbonyl (C=O) groups excluding carboxylic acids is 1. The van der Waals surface area contributed by atoms with Gasteiger partial charge in [-0.1, -0.05) is 60.7 Å². The zero-order valence-corrected chi connectivity index (χ0v) is 13.4. The molecule has 2 nitrogen and oxygen atoms in total. The second kappa shape index (κ2) is 7.10. The van der Waals surface area contributed by atoms with Crippen molar-refractivity contribution in [2.24, 2.45) is 5.92 Å². The quantitative estimate of drug-likeness (QED) is 0.801. The number of hydrogen-bond acceptors (Lipinski definition) is 2. The molecular formula is C21H24O2. The molecule has 0 amide bonds. The Kier molecular flexibility index (Phi) is 4.92. The highest BCUT2D eigenvalue weighted by Crippen LogP contribution is 2.49. The van der Waals surface area contributed by atoms with Gasteiger partial charge in [-0.3, -0.25) is 4.79 Å². The molecule has 0 unspecified atom stereocenters. The summed E-state index contributed by atoms with van der Waals surface area (Å²) in [6.45, 7) is 0.